The molecule has 1 aromatic carbocycles. The van der Waals surface area contributed by atoms with Crippen LogP contribution >= 0.6 is 11.6 Å². The molecule has 1 fully saturated rings. The molecule has 0 aliphatic carbocycles. The average molecular weight is 307 g/mol. The van der Waals surface area contributed by atoms with Crippen molar-refractivity contribution in [3.63, 3.8) is 0 Å². The van der Waals surface area contributed by atoms with Gasteiger partial charge in [0.05, 0.1) is 0 Å². The molecule has 2 aromatic rings. The molecule has 2 N–H and O–H groups in total. The summed E-state index contributed by atoms with van der Waals surface area (Å²) in [5, 5.41) is 10.8. The zero-order valence-corrected chi connectivity index (χ0v) is 12.6. The number of fused-ring (bicyclic) bond motifs is 1. The number of hydrogen-bond acceptors (Lipinski definition) is 2. The fourth-order valence-electron chi connectivity index (χ4n) is 3.09. The fourth-order valence-corrected chi connectivity index (χ4v) is 3.27. The normalized spacial score (nSPS) is 19.1. The molecule has 3 rings (SSSR count). The molecule has 1 unspecified atom stereocenters. The van der Waals surface area contributed by atoms with Gasteiger partial charge in [-0.25, -0.2) is 0 Å². The number of likely N-dealkylation sites (tertiary alicyclic amines) is 1. The maximum atomic E-state index is 12.7. The monoisotopic (exact) mass is 306 g/mol. The SMILES string of the molecule is O=C(c1cc2cc(Cl)ccc2[nH]1)N1CCCCC1CCO. The van der Waals surface area contributed by atoms with E-state index < -0.39 is 0 Å². The largest absolute Gasteiger partial charge is 0.396 e. The number of hydrogen-bond donors (Lipinski definition) is 2. The van der Waals surface area contributed by atoms with Gasteiger partial charge >= 0.3 is 0 Å². The Balaban J connectivity index is 1.87. The number of amides is 1. The lowest BCUT2D eigenvalue weighted by molar-refractivity contribution is 0.0569. The summed E-state index contributed by atoms with van der Waals surface area (Å²) in [4.78, 5) is 17.8. The van der Waals surface area contributed by atoms with Gasteiger partial charge in [-0.3, -0.25) is 4.79 Å². The summed E-state index contributed by atoms with van der Waals surface area (Å²) >= 11 is 5.98. The Morgan fingerprint density at radius 1 is 1.38 bits per heavy atom. The van der Waals surface area contributed by atoms with E-state index in [4.69, 9.17) is 11.6 Å². The predicted octanol–water partition coefficient (Wildman–Crippen LogP) is 3.20. The molecular weight excluding hydrogens is 288 g/mol. The zero-order chi connectivity index (χ0) is 14.8. The second kappa shape index (κ2) is 6.08. The first-order valence-electron chi connectivity index (χ1n) is 7.39. The third kappa shape index (κ3) is 2.92. The Bertz CT molecular complexity index is 651. The first kappa shape index (κ1) is 14.4. The summed E-state index contributed by atoms with van der Waals surface area (Å²) in [7, 11) is 0. The first-order chi connectivity index (χ1) is 10.2. The van der Waals surface area contributed by atoms with Gasteiger partial charge in [-0.2, -0.15) is 0 Å². The third-order valence-corrected chi connectivity index (χ3v) is 4.40. The van der Waals surface area contributed by atoms with E-state index in [0.717, 1.165) is 36.7 Å². The summed E-state index contributed by atoms with van der Waals surface area (Å²) in [5.41, 5.74) is 1.51. The predicted molar refractivity (Wildman–Crippen MR) is 83.7 cm³/mol. The quantitative estimate of drug-likeness (QED) is 0.915. The van der Waals surface area contributed by atoms with E-state index in [1.54, 1.807) is 0 Å². The van der Waals surface area contributed by atoms with Crippen molar-refractivity contribution in [2.24, 2.45) is 0 Å². The van der Waals surface area contributed by atoms with E-state index in [9.17, 15) is 9.90 Å². The Morgan fingerprint density at radius 3 is 3.05 bits per heavy atom. The molecule has 1 aromatic heterocycles. The van der Waals surface area contributed by atoms with Gasteiger partial charge in [0.15, 0.2) is 0 Å². The van der Waals surface area contributed by atoms with Crippen LogP contribution in [0.4, 0.5) is 0 Å². The van der Waals surface area contributed by atoms with E-state index in [2.05, 4.69) is 4.98 Å². The standard InChI is InChI=1S/C16H19ClN2O2/c17-12-4-5-14-11(9-12)10-15(18-14)16(21)19-7-2-1-3-13(19)6-8-20/h4-5,9-10,13,18,20H,1-3,6-8H2. The van der Waals surface area contributed by atoms with Gasteiger partial charge < -0.3 is 15.0 Å². The lowest BCUT2D eigenvalue weighted by Crippen LogP contribution is -2.44. The summed E-state index contributed by atoms with van der Waals surface area (Å²) in [5.74, 6) is 0.0143. The van der Waals surface area contributed by atoms with E-state index in [1.807, 2.05) is 29.2 Å². The van der Waals surface area contributed by atoms with Crippen molar-refractivity contribution in [1.29, 1.82) is 0 Å². The number of piperidine rings is 1. The highest BCUT2D eigenvalue weighted by Gasteiger charge is 2.27. The summed E-state index contributed by atoms with van der Waals surface area (Å²) < 4.78 is 0. The lowest BCUT2D eigenvalue weighted by atomic mass is 9.99. The van der Waals surface area contributed by atoms with Crippen LogP contribution in [0.2, 0.25) is 5.02 Å². The molecule has 1 aliphatic heterocycles. The molecule has 1 atom stereocenters. The number of rotatable bonds is 3. The smallest absolute Gasteiger partial charge is 0.270 e. The van der Waals surface area contributed by atoms with Crippen molar-refractivity contribution in [3.8, 4) is 0 Å². The van der Waals surface area contributed by atoms with Crippen molar-refractivity contribution in [2.45, 2.75) is 31.7 Å². The molecule has 1 amide bonds. The molecule has 0 radical (unpaired) electrons. The Morgan fingerprint density at radius 2 is 2.24 bits per heavy atom. The van der Waals surface area contributed by atoms with Crippen molar-refractivity contribution < 1.29 is 9.90 Å². The van der Waals surface area contributed by atoms with Gasteiger partial charge in [-0.05, 0) is 49.9 Å². The number of halogens is 1. The molecule has 0 spiro atoms. The van der Waals surface area contributed by atoms with Crippen LogP contribution in [0.15, 0.2) is 24.3 Å². The zero-order valence-electron chi connectivity index (χ0n) is 11.8. The Kier molecular flexibility index (Phi) is 4.17. The number of nitrogens with zero attached hydrogens (tertiary/aromatic N) is 1. The molecule has 1 aliphatic rings. The third-order valence-electron chi connectivity index (χ3n) is 4.16. The van der Waals surface area contributed by atoms with E-state index >= 15 is 0 Å². The van der Waals surface area contributed by atoms with Crippen LogP contribution in [0.5, 0.6) is 0 Å². The number of carbonyl (C=O) groups is 1. The Labute approximate surface area is 128 Å². The molecule has 21 heavy (non-hydrogen) atoms. The number of aromatic amines is 1. The number of nitrogens with one attached hydrogen (secondary N) is 1. The van der Waals surface area contributed by atoms with Crippen molar-refractivity contribution in [3.05, 3.63) is 35.0 Å². The average Bonchev–Trinajstić information content (AvgIpc) is 2.90. The highest BCUT2D eigenvalue weighted by Crippen LogP contribution is 2.24. The molecular formula is C16H19ClN2O2. The molecule has 5 heteroatoms. The fraction of sp³-hybridized carbons (Fsp3) is 0.438. The second-order valence-corrected chi connectivity index (χ2v) is 6.01. The highest BCUT2D eigenvalue weighted by molar-refractivity contribution is 6.31. The maximum Gasteiger partial charge on any atom is 0.270 e. The van der Waals surface area contributed by atoms with Gasteiger partial charge in [0, 0.05) is 35.1 Å². The van der Waals surface area contributed by atoms with Gasteiger partial charge in [0.1, 0.15) is 5.69 Å². The number of aliphatic hydroxyl groups excluding tert-OH is 1. The van der Waals surface area contributed by atoms with Crippen LogP contribution in [0.1, 0.15) is 36.2 Å². The van der Waals surface area contributed by atoms with E-state index in [-0.39, 0.29) is 18.6 Å². The lowest BCUT2D eigenvalue weighted by Gasteiger charge is -2.35. The number of aromatic nitrogens is 1. The van der Waals surface area contributed by atoms with Crippen molar-refractivity contribution in [1.82, 2.24) is 9.88 Å². The van der Waals surface area contributed by atoms with Crippen LogP contribution in [0, 0.1) is 0 Å². The van der Waals surface area contributed by atoms with Gasteiger partial charge in [-0.15, -0.1) is 0 Å². The van der Waals surface area contributed by atoms with Crippen LogP contribution < -0.4 is 0 Å². The summed E-state index contributed by atoms with van der Waals surface area (Å²) in [6.45, 7) is 0.885. The summed E-state index contributed by atoms with van der Waals surface area (Å²) in [6, 6.07) is 7.55. The second-order valence-electron chi connectivity index (χ2n) is 5.58. The van der Waals surface area contributed by atoms with E-state index in [1.165, 1.54) is 0 Å². The molecule has 1 saturated heterocycles. The number of carbonyl (C=O) groups excluding carboxylic acids is 1. The molecule has 112 valence electrons. The minimum absolute atomic E-state index is 0.0143. The molecule has 0 bridgehead atoms. The molecule has 2 heterocycles. The van der Waals surface area contributed by atoms with Gasteiger partial charge in [0.25, 0.3) is 5.91 Å². The minimum Gasteiger partial charge on any atom is -0.396 e. The van der Waals surface area contributed by atoms with Crippen LogP contribution in [0.3, 0.4) is 0 Å². The van der Waals surface area contributed by atoms with Crippen molar-refractivity contribution >= 4 is 28.4 Å². The van der Waals surface area contributed by atoms with Crippen molar-refractivity contribution in [2.75, 3.05) is 13.2 Å². The maximum absolute atomic E-state index is 12.7. The van der Waals surface area contributed by atoms with E-state index in [0.29, 0.717) is 17.1 Å². The molecule has 0 saturated carbocycles. The van der Waals surface area contributed by atoms with Crippen LogP contribution in [-0.4, -0.2) is 40.1 Å². The molecule has 4 nitrogen and oxygen atoms in total. The first-order valence-corrected chi connectivity index (χ1v) is 7.77. The highest BCUT2D eigenvalue weighted by atomic mass is 35.5. The van der Waals surface area contributed by atoms with Crippen LogP contribution in [-0.2, 0) is 0 Å². The topological polar surface area (TPSA) is 56.3 Å². The van der Waals surface area contributed by atoms with Gasteiger partial charge in [0.2, 0.25) is 0 Å². The number of aliphatic hydroxyl groups is 1. The number of H-pyrrole nitrogens is 1. The number of benzene rings is 1. The minimum atomic E-state index is 0.0143. The van der Waals surface area contributed by atoms with Gasteiger partial charge in [-0.1, -0.05) is 11.6 Å². The Hall–Kier alpha value is -1.52. The van der Waals surface area contributed by atoms with Crippen LogP contribution in [0.25, 0.3) is 10.9 Å². The summed E-state index contributed by atoms with van der Waals surface area (Å²) in [6.07, 6.45) is 3.77.